The van der Waals surface area contributed by atoms with Crippen LogP contribution in [-0.4, -0.2) is 42.7 Å². The normalized spacial score (nSPS) is 14.4. The van der Waals surface area contributed by atoms with E-state index in [0.29, 0.717) is 48.6 Å². The second-order valence-corrected chi connectivity index (χ2v) is 8.61. The lowest BCUT2D eigenvalue weighted by atomic mass is 9.92. The van der Waals surface area contributed by atoms with Crippen LogP contribution in [0.25, 0.3) is 0 Å². The molecule has 11 heteroatoms. The molecule has 1 aliphatic rings. The Kier molecular flexibility index (Phi) is 8.62. The zero-order valence-electron chi connectivity index (χ0n) is 17.6. The van der Waals surface area contributed by atoms with Gasteiger partial charge in [0.1, 0.15) is 17.6 Å². The summed E-state index contributed by atoms with van der Waals surface area (Å²) in [6.45, 7) is 0.818. The fraction of sp³-hybridized carbons (Fsp3) is 0.273. The molecular weight excluding hydrogens is 608 g/mol. The molecule has 0 aromatic heterocycles. The van der Waals surface area contributed by atoms with E-state index in [1.807, 2.05) is 6.07 Å². The Morgan fingerprint density at radius 3 is 2.48 bits per heavy atom. The predicted molar refractivity (Wildman–Crippen MR) is 135 cm³/mol. The third kappa shape index (κ3) is 6.20. The maximum absolute atomic E-state index is 13.4. The molecule has 33 heavy (non-hydrogen) atoms. The number of methoxy groups -OCH3 is 1. The molecule has 2 N–H and O–H groups in total. The van der Waals surface area contributed by atoms with Crippen molar-refractivity contribution in [2.45, 2.75) is 12.8 Å². The van der Waals surface area contributed by atoms with E-state index in [-0.39, 0.29) is 28.0 Å². The van der Waals surface area contributed by atoms with Gasteiger partial charge in [-0.2, -0.15) is 8.47 Å². The number of piperidine rings is 1. The molecule has 0 spiro atoms. The van der Waals surface area contributed by atoms with Gasteiger partial charge in [0.2, 0.25) is 5.78 Å². The van der Waals surface area contributed by atoms with Gasteiger partial charge in [0.15, 0.2) is 5.84 Å². The van der Waals surface area contributed by atoms with E-state index < -0.39 is 5.82 Å². The average Bonchev–Trinajstić information content (AvgIpc) is 2.84. The fourth-order valence-electron chi connectivity index (χ4n) is 3.44. The Hall–Kier alpha value is -2.72. The molecule has 2 aromatic carbocycles. The number of ether oxygens (including phenoxy) is 1. The lowest BCUT2D eigenvalue weighted by Crippen LogP contribution is -2.44. The van der Waals surface area contributed by atoms with E-state index in [1.54, 1.807) is 46.0 Å². The van der Waals surface area contributed by atoms with E-state index in [9.17, 15) is 14.0 Å². The highest BCUT2D eigenvalue weighted by molar-refractivity contribution is 14.1. The smallest absolute Gasteiger partial charge is 0.321 e. The molecule has 0 bridgehead atoms. The minimum atomic E-state index is -0.398. The summed E-state index contributed by atoms with van der Waals surface area (Å²) in [5.41, 5.74) is 1.44. The fourth-order valence-corrected chi connectivity index (χ4v) is 4.17. The van der Waals surface area contributed by atoms with Crippen molar-refractivity contribution in [1.29, 1.82) is 5.26 Å². The number of ketones is 1. The number of rotatable bonds is 5. The Bertz CT molecular complexity index is 1130. The van der Waals surface area contributed by atoms with E-state index in [0.717, 1.165) is 0 Å². The number of carbonyl (C=O) groups is 2. The van der Waals surface area contributed by atoms with Crippen LogP contribution >= 0.6 is 38.8 Å². The summed E-state index contributed by atoms with van der Waals surface area (Å²) in [7, 11) is 1.46. The van der Waals surface area contributed by atoms with Crippen LogP contribution in [-0.2, 0) is 4.79 Å². The van der Waals surface area contributed by atoms with Gasteiger partial charge in [-0.3, -0.25) is 4.79 Å². The Labute approximate surface area is 212 Å². The number of nitriles is 1. The molecule has 0 radical (unpaired) electrons. The van der Waals surface area contributed by atoms with E-state index in [2.05, 4.69) is 29.8 Å². The van der Waals surface area contributed by atoms with E-state index >= 15 is 0 Å². The number of carbonyl (C=O) groups excluding carboxylic acids is 2. The molecule has 1 saturated heterocycles. The number of urea groups is 1. The minimum absolute atomic E-state index is 0.151. The monoisotopic (exact) mass is 627 g/mol. The minimum Gasteiger partial charge on any atom is -0.495 e. The quantitative estimate of drug-likeness (QED) is 0.271. The number of nitrogens with one attached hydrogen (secondary N) is 2. The number of anilines is 2. The van der Waals surface area contributed by atoms with Crippen molar-refractivity contribution >= 4 is 67.8 Å². The number of nitrogens with zero attached hydrogens (tertiary/aromatic N) is 3. The predicted octanol–water partition coefficient (Wildman–Crippen LogP) is 5.14. The number of amidine groups is 1. The van der Waals surface area contributed by atoms with Crippen LogP contribution in [0.1, 0.15) is 18.4 Å². The van der Waals surface area contributed by atoms with Crippen molar-refractivity contribution in [3.05, 3.63) is 52.3 Å². The van der Waals surface area contributed by atoms with Crippen LogP contribution in [0.15, 0.2) is 44.1 Å². The van der Waals surface area contributed by atoms with Gasteiger partial charge >= 0.3 is 6.03 Å². The lowest BCUT2D eigenvalue weighted by molar-refractivity contribution is -0.117. The number of benzene rings is 2. The highest BCUT2D eigenvalue weighted by Gasteiger charge is 2.30. The van der Waals surface area contributed by atoms with Gasteiger partial charge in [0.25, 0.3) is 0 Å². The third-order valence-corrected chi connectivity index (χ3v) is 6.32. The Balaban J connectivity index is 1.57. The van der Waals surface area contributed by atoms with Gasteiger partial charge in [-0.05, 0) is 59.1 Å². The van der Waals surface area contributed by atoms with Gasteiger partial charge in [-0.15, -0.1) is 0 Å². The largest absolute Gasteiger partial charge is 0.495 e. The standard InChI is InChI=1S/C22H20BrFIN5O3/c1-33-19-11-16(3-2-14(19)12-26)28-22(32)30-8-6-13(7-9-30)20(31)21(29-25)27-15-4-5-18(24)17(23)10-15/h2-5,10-11,13H,6-9H2,1H3,(H,27,29)(H,28,32). The highest BCUT2D eigenvalue weighted by atomic mass is 127. The second kappa shape index (κ2) is 11.4. The molecule has 8 nitrogen and oxygen atoms in total. The number of halogens is 3. The van der Waals surface area contributed by atoms with E-state index in [4.69, 9.17) is 10.00 Å². The number of hydrogen-bond acceptors (Lipinski definition) is 5. The summed E-state index contributed by atoms with van der Waals surface area (Å²) in [4.78, 5) is 27.2. The van der Waals surface area contributed by atoms with Gasteiger partial charge in [-0.25, -0.2) is 9.18 Å². The number of likely N-dealkylation sites (tertiary alicyclic amines) is 1. The van der Waals surface area contributed by atoms with Crippen LogP contribution in [0.5, 0.6) is 5.75 Å². The highest BCUT2D eigenvalue weighted by Crippen LogP contribution is 2.25. The van der Waals surface area contributed by atoms with Crippen LogP contribution in [0.4, 0.5) is 20.6 Å². The molecule has 2 amide bonds. The molecule has 0 aliphatic carbocycles. The summed E-state index contributed by atoms with van der Waals surface area (Å²) in [6.07, 6.45) is 0.987. The molecule has 1 fully saturated rings. The van der Waals surface area contributed by atoms with Crippen LogP contribution in [0.3, 0.4) is 0 Å². The number of hydrogen-bond donors (Lipinski definition) is 2. The number of Topliss-reactive ketones (excluding diaryl/α,β-unsaturated/α-hetero) is 1. The summed E-state index contributed by atoms with van der Waals surface area (Å²) < 4.78 is 22.9. The Morgan fingerprint density at radius 2 is 1.88 bits per heavy atom. The van der Waals surface area contributed by atoms with Crippen molar-refractivity contribution in [1.82, 2.24) is 4.90 Å². The van der Waals surface area contributed by atoms with Gasteiger partial charge in [-0.1, -0.05) is 0 Å². The summed E-state index contributed by atoms with van der Waals surface area (Å²) in [6, 6.07) is 10.9. The Morgan fingerprint density at radius 1 is 1.21 bits per heavy atom. The molecule has 2 aromatic rings. The van der Waals surface area contributed by atoms with Crippen molar-refractivity contribution in [3.63, 3.8) is 0 Å². The molecule has 0 saturated carbocycles. The molecule has 0 unspecified atom stereocenters. The van der Waals surface area contributed by atoms with Crippen LogP contribution < -0.4 is 15.4 Å². The van der Waals surface area contributed by atoms with Crippen LogP contribution in [0, 0.1) is 23.1 Å². The lowest BCUT2D eigenvalue weighted by Gasteiger charge is -2.31. The maximum atomic E-state index is 13.4. The first-order valence-corrected chi connectivity index (χ1v) is 11.7. The topological polar surface area (TPSA) is 107 Å². The summed E-state index contributed by atoms with van der Waals surface area (Å²) >= 11 is 4.88. The van der Waals surface area contributed by atoms with Crippen molar-refractivity contribution < 1.29 is 18.7 Å². The molecular formula is C22H20BrFIN5O3. The average molecular weight is 628 g/mol. The molecule has 172 valence electrons. The van der Waals surface area contributed by atoms with Crippen molar-refractivity contribution in [3.8, 4) is 11.8 Å². The first-order chi connectivity index (χ1) is 15.9. The SMILES string of the molecule is COc1cc(NC(=O)N2CCC(C(=O)/C(=N/I)Nc3ccc(F)c(Br)c3)CC2)ccc1C#N. The van der Waals surface area contributed by atoms with Gasteiger partial charge in [0.05, 0.1) is 40.0 Å². The molecule has 1 heterocycles. The van der Waals surface area contributed by atoms with Crippen molar-refractivity contribution in [2.75, 3.05) is 30.8 Å². The van der Waals surface area contributed by atoms with Crippen LogP contribution in [0.2, 0.25) is 0 Å². The van der Waals surface area contributed by atoms with E-state index in [1.165, 1.54) is 25.3 Å². The molecule has 3 rings (SSSR count). The third-order valence-electron chi connectivity index (χ3n) is 5.23. The van der Waals surface area contributed by atoms with Gasteiger partial charge in [0, 0.05) is 36.4 Å². The molecule has 1 aliphatic heterocycles. The maximum Gasteiger partial charge on any atom is 0.321 e. The van der Waals surface area contributed by atoms with Crippen molar-refractivity contribution in [2.24, 2.45) is 9.12 Å². The van der Waals surface area contributed by atoms with Gasteiger partial charge < -0.3 is 20.3 Å². The summed E-state index contributed by atoms with van der Waals surface area (Å²) in [5, 5.41) is 14.8. The second-order valence-electron chi connectivity index (χ2n) is 7.27. The molecule has 0 atom stereocenters. The zero-order chi connectivity index (χ0) is 24.0. The first-order valence-electron chi connectivity index (χ1n) is 9.95. The zero-order valence-corrected chi connectivity index (χ0v) is 21.3. The number of amides is 2. The first kappa shape index (κ1) is 24.9. The summed E-state index contributed by atoms with van der Waals surface area (Å²) in [5.74, 6) is -0.270.